The van der Waals surface area contributed by atoms with Crippen molar-refractivity contribution in [3.05, 3.63) is 40.7 Å². The molecule has 0 aliphatic rings. The number of hydrogen-bond acceptors (Lipinski definition) is 7. The van der Waals surface area contributed by atoms with Crippen LogP contribution in [0.1, 0.15) is 34.8 Å². The quantitative estimate of drug-likeness (QED) is 0.672. The van der Waals surface area contributed by atoms with Crippen LogP contribution in [0.25, 0.3) is 5.78 Å². The van der Waals surface area contributed by atoms with E-state index in [0.29, 0.717) is 24.6 Å². The zero-order valence-corrected chi connectivity index (χ0v) is 14.7. The third kappa shape index (κ3) is 3.70. The predicted octanol–water partition coefficient (Wildman–Crippen LogP) is 1.22. The molecule has 1 amide bonds. The average molecular weight is 340 g/mol. The Kier molecular flexibility index (Phi) is 4.55. The summed E-state index contributed by atoms with van der Waals surface area (Å²) in [6, 6.07) is 1.87. The van der Waals surface area contributed by atoms with Gasteiger partial charge in [0.05, 0.1) is 0 Å². The van der Waals surface area contributed by atoms with Gasteiger partial charge in [-0.2, -0.15) is 10.1 Å². The highest BCUT2D eigenvalue weighted by molar-refractivity contribution is 5.77. The van der Waals surface area contributed by atoms with Crippen LogP contribution < -0.4 is 10.9 Å². The molecule has 0 aliphatic heterocycles. The average Bonchev–Trinajstić information content (AvgIpc) is 3.00. The Hall–Kier alpha value is -3.10. The van der Waals surface area contributed by atoms with E-state index in [1.165, 1.54) is 6.33 Å². The number of aromatic nitrogens is 6. The SMILES string of the molecule is Cc1cc(C)nc(NNC(=O)CCc2c(C)nc3ncnn3c2C)n1. The van der Waals surface area contributed by atoms with Crippen LogP contribution in [-0.2, 0) is 11.2 Å². The number of hydrazine groups is 1. The number of hydrogen-bond donors (Lipinski definition) is 2. The summed E-state index contributed by atoms with van der Waals surface area (Å²) in [5.41, 5.74) is 9.85. The molecule has 130 valence electrons. The highest BCUT2D eigenvalue weighted by Gasteiger charge is 2.12. The molecular weight excluding hydrogens is 320 g/mol. The van der Waals surface area contributed by atoms with Gasteiger partial charge in [-0.3, -0.25) is 15.6 Å². The maximum Gasteiger partial charge on any atom is 0.252 e. The van der Waals surface area contributed by atoms with E-state index < -0.39 is 0 Å². The predicted molar refractivity (Wildman–Crippen MR) is 91.8 cm³/mol. The molecule has 9 nitrogen and oxygen atoms in total. The molecule has 0 atom stereocenters. The first kappa shape index (κ1) is 16.7. The maximum absolute atomic E-state index is 12.1. The molecule has 0 bridgehead atoms. The number of carbonyl (C=O) groups excluding carboxylic acids is 1. The molecule has 2 N–H and O–H groups in total. The summed E-state index contributed by atoms with van der Waals surface area (Å²) >= 11 is 0. The highest BCUT2D eigenvalue weighted by atomic mass is 16.2. The summed E-state index contributed by atoms with van der Waals surface area (Å²) in [4.78, 5) is 29.0. The standard InChI is InChI=1S/C16H20N8O/c1-9-7-10(2)20-15(19-9)23-22-14(25)6-5-13-11(3)21-16-17-8-18-24(16)12(13)4/h7-8H,5-6H2,1-4H3,(H,22,25)(H,19,20,23). The van der Waals surface area contributed by atoms with Crippen LogP contribution in [0.15, 0.2) is 12.4 Å². The molecule has 3 heterocycles. The second-order valence-electron chi connectivity index (χ2n) is 5.88. The molecule has 0 aliphatic carbocycles. The number of nitrogens with zero attached hydrogens (tertiary/aromatic N) is 6. The molecule has 3 aromatic heterocycles. The van der Waals surface area contributed by atoms with E-state index >= 15 is 0 Å². The fourth-order valence-corrected chi connectivity index (χ4v) is 2.73. The third-order valence-corrected chi connectivity index (χ3v) is 3.89. The van der Waals surface area contributed by atoms with Crippen molar-refractivity contribution in [2.24, 2.45) is 0 Å². The molecule has 0 aromatic carbocycles. The van der Waals surface area contributed by atoms with E-state index in [1.54, 1.807) is 4.52 Å². The molecule has 25 heavy (non-hydrogen) atoms. The van der Waals surface area contributed by atoms with Crippen molar-refractivity contribution in [3.8, 4) is 0 Å². The van der Waals surface area contributed by atoms with Gasteiger partial charge in [0.2, 0.25) is 11.9 Å². The minimum atomic E-state index is -0.153. The Labute approximate surface area is 144 Å². The van der Waals surface area contributed by atoms with Gasteiger partial charge in [0.1, 0.15) is 6.33 Å². The fourth-order valence-electron chi connectivity index (χ4n) is 2.73. The molecule has 0 saturated heterocycles. The van der Waals surface area contributed by atoms with Gasteiger partial charge in [0, 0.05) is 29.2 Å². The Balaban J connectivity index is 1.62. The van der Waals surface area contributed by atoms with Crippen molar-refractivity contribution in [1.82, 2.24) is 35.0 Å². The van der Waals surface area contributed by atoms with Crippen molar-refractivity contribution in [2.75, 3.05) is 5.43 Å². The van der Waals surface area contributed by atoms with Gasteiger partial charge in [-0.1, -0.05) is 0 Å². The fraction of sp³-hybridized carbons (Fsp3) is 0.375. The van der Waals surface area contributed by atoms with Gasteiger partial charge < -0.3 is 0 Å². The summed E-state index contributed by atoms with van der Waals surface area (Å²) in [5, 5.41) is 4.15. The van der Waals surface area contributed by atoms with Crippen LogP contribution in [0, 0.1) is 27.7 Å². The van der Waals surface area contributed by atoms with Crippen molar-refractivity contribution >= 4 is 17.6 Å². The van der Waals surface area contributed by atoms with Crippen LogP contribution in [0.3, 0.4) is 0 Å². The van der Waals surface area contributed by atoms with Gasteiger partial charge in [0.15, 0.2) is 0 Å². The van der Waals surface area contributed by atoms with Gasteiger partial charge in [-0.05, 0) is 45.7 Å². The molecule has 9 heteroatoms. The van der Waals surface area contributed by atoms with Crippen molar-refractivity contribution in [1.29, 1.82) is 0 Å². The Morgan fingerprint density at radius 3 is 2.56 bits per heavy atom. The topological polar surface area (TPSA) is 110 Å². The Bertz CT molecular complexity index is 913. The number of nitrogens with one attached hydrogen (secondary N) is 2. The minimum absolute atomic E-state index is 0.153. The molecule has 0 radical (unpaired) electrons. The molecule has 0 saturated carbocycles. The van der Waals surface area contributed by atoms with Crippen LogP contribution in [-0.4, -0.2) is 35.5 Å². The van der Waals surface area contributed by atoms with Crippen molar-refractivity contribution in [3.63, 3.8) is 0 Å². The number of anilines is 1. The lowest BCUT2D eigenvalue weighted by atomic mass is 10.1. The lowest BCUT2D eigenvalue weighted by Gasteiger charge is -2.11. The zero-order chi connectivity index (χ0) is 18.0. The first-order chi connectivity index (χ1) is 11.9. The number of rotatable bonds is 5. The van der Waals surface area contributed by atoms with Crippen LogP contribution >= 0.6 is 0 Å². The first-order valence-corrected chi connectivity index (χ1v) is 7.97. The summed E-state index contributed by atoms with van der Waals surface area (Å²) in [6.45, 7) is 7.61. The molecular formula is C16H20N8O. The first-order valence-electron chi connectivity index (χ1n) is 7.97. The third-order valence-electron chi connectivity index (χ3n) is 3.89. The second kappa shape index (κ2) is 6.80. The smallest absolute Gasteiger partial charge is 0.252 e. The molecule has 3 aromatic rings. The lowest BCUT2D eigenvalue weighted by molar-refractivity contribution is -0.120. The van der Waals surface area contributed by atoms with Gasteiger partial charge in [-0.25, -0.2) is 19.5 Å². The number of carbonyl (C=O) groups is 1. The van der Waals surface area contributed by atoms with Crippen LogP contribution in [0.4, 0.5) is 5.95 Å². The van der Waals surface area contributed by atoms with E-state index in [4.69, 9.17) is 0 Å². The van der Waals surface area contributed by atoms with Gasteiger partial charge in [-0.15, -0.1) is 0 Å². The van der Waals surface area contributed by atoms with Crippen molar-refractivity contribution < 1.29 is 4.79 Å². The summed E-state index contributed by atoms with van der Waals surface area (Å²) in [6.07, 6.45) is 2.34. The van der Waals surface area contributed by atoms with E-state index in [0.717, 1.165) is 28.3 Å². The Morgan fingerprint density at radius 1 is 1.12 bits per heavy atom. The lowest BCUT2D eigenvalue weighted by Crippen LogP contribution is -2.30. The Morgan fingerprint density at radius 2 is 1.84 bits per heavy atom. The highest BCUT2D eigenvalue weighted by Crippen LogP contribution is 2.14. The summed E-state index contributed by atoms with van der Waals surface area (Å²) < 4.78 is 1.68. The maximum atomic E-state index is 12.1. The van der Waals surface area contributed by atoms with E-state index in [-0.39, 0.29) is 5.91 Å². The van der Waals surface area contributed by atoms with Gasteiger partial charge >= 0.3 is 0 Å². The van der Waals surface area contributed by atoms with Crippen LogP contribution in [0.5, 0.6) is 0 Å². The van der Waals surface area contributed by atoms with Crippen molar-refractivity contribution in [2.45, 2.75) is 40.5 Å². The molecule has 3 rings (SSSR count). The van der Waals surface area contributed by atoms with Gasteiger partial charge in [0.25, 0.3) is 5.78 Å². The second-order valence-corrected chi connectivity index (χ2v) is 5.88. The van der Waals surface area contributed by atoms with Crippen LogP contribution in [0.2, 0.25) is 0 Å². The summed E-state index contributed by atoms with van der Waals surface area (Å²) in [7, 11) is 0. The number of aryl methyl sites for hydroxylation is 4. The molecule has 0 unspecified atom stereocenters. The normalized spacial score (nSPS) is 10.9. The monoisotopic (exact) mass is 340 g/mol. The zero-order valence-electron chi connectivity index (χ0n) is 14.7. The minimum Gasteiger partial charge on any atom is -0.273 e. The number of fused-ring (bicyclic) bond motifs is 1. The van der Waals surface area contributed by atoms with E-state index in [2.05, 4.69) is 35.9 Å². The molecule has 0 fully saturated rings. The number of amides is 1. The largest absolute Gasteiger partial charge is 0.273 e. The summed E-state index contributed by atoms with van der Waals surface area (Å²) in [5.74, 6) is 0.793. The molecule has 0 spiro atoms. The van der Waals surface area contributed by atoms with E-state index in [9.17, 15) is 4.79 Å². The van der Waals surface area contributed by atoms with E-state index in [1.807, 2.05) is 33.8 Å².